The van der Waals surface area contributed by atoms with Crippen LogP contribution in [-0.4, -0.2) is 10.9 Å². The van der Waals surface area contributed by atoms with Gasteiger partial charge in [-0.3, -0.25) is 4.79 Å². The van der Waals surface area contributed by atoms with E-state index in [1.165, 1.54) is 0 Å². The van der Waals surface area contributed by atoms with Crippen LogP contribution < -0.4 is 5.32 Å². The van der Waals surface area contributed by atoms with E-state index in [-0.39, 0.29) is 5.91 Å². The number of carbonyl (C=O) groups excluding carboxylic acids is 1. The number of hydrogen-bond acceptors (Lipinski definition) is 2. The third-order valence-corrected chi connectivity index (χ3v) is 3.55. The first-order chi connectivity index (χ1) is 6.59. The van der Waals surface area contributed by atoms with Gasteiger partial charge in [-0.1, -0.05) is 22.9 Å². The van der Waals surface area contributed by atoms with Gasteiger partial charge < -0.3 is 5.32 Å². The zero-order valence-electron chi connectivity index (χ0n) is 8.10. The molecule has 2 rings (SSSR count). The summed E-state index contributed by atoms with van der Waals surface area (Å²) in [6.45, 7) is 3.95. The van der Waals surface area contributed by atoms with Gasteiger partial charge in [-0.2, -0.15) is 0 Å². The Morgan fingerprint density at radius 2 is 2.36 bits per heavy atom. The van der Waals surface area contributed by atoms with Crippen LogP contribution in [0.2, 0.25) is 0 Å². The van der Waals surface area contributed by atoms with Crippen LogP contribution in [0.4, 0.5) is 5.82 Å². The van der Waals surface area contributed by atoms with E-state index in [1.807, 2.05) is 19.9 Å². The Balaban J connectivity index is 2.67. The number of nitrogens with zero attached hydrogens (tertiary/aromatic N) is 1. The molecular formula is C10H11BrN2O. The standard InChI is InChI=1S/C10H11BrN2O/c1-3-10(2)7-6(11)4-5-12-8(7)13-9(10)14/h4-5H,3H2,1-2H3,(H,12,13,14). The number of fused-ring (bicyclic) bond motifs is 1. The Labute approximate surface area is 91.0 Å². The third-order valence-electron chi connectivity index (χ3n) is 2.89. The molecule has 0 bridgehead atoms. The maximum Gasteiger partial charge on any atom is 0.236 e. The van der Waals surface area contributed by atoms with Gasteiger partial charge in [0.25, 0.3) is 0 Å². The van der Waals surface area contributed by atoms with Crippen LogP contribution in [0.25, 0.3) is 0 Å². The SMILES string of the molecule is CCC1(C)C(=O)Nc2nccc(Br)c21. The van der Waals surface area contributed by atoms with Crippen molar-refractivity contribution in [2.75, 3.05) is 5.32 Å². The lowest BCUT2D eigenvalue weighted by Gasteiger charge is -2.20. The third kappa shape index (κ3) is 1.10. The number of carbonyl (C=O) groups is 1. The van der Waals surface area contributed by atoms with Gasteiger partial charge in [-0.25, -0.2) is 4.98 Å². The maximum absolute atomic E-state index is 11.8. The smallest absolute Gasteiger partial charge is 0.236 e. The predicted octanol–water partition coefficient (Wildman–Crippen LogP) is 2.46. The summed E-state index contributed by atoms with van der Waals surface area (Å²) in [7, 11) is 0. The summed E-state index contributed by atoms with van der Waals surface area (Å²) in [4.78, 5) is 15.9. The molecule has 1 atom stereocenters. The molecule has 0 aromatic carbocycles. The molecule has 2 heterocycles. The van der Waals surface area contributed by atoms with Gasteiger partial charge in [0.1, 0.15) is 5.82 Å². The molecule has 0 aliphatic carbocycles. The number of rotatable bonds is 1. The van der Waals surface area contributed by atoms with Crippen molar-refractivity contribution in [3.63, 3.8) is 0 Å². The van der Waals surface area contributed by atoms with Crippen LogP contribution in [0.15, 0.2) is 16.7 Å². The highest BCUT2D eigenvalue weighted by molar-refractivity contribution is 9.10. The largest absolute Gasteiger partial charge is 0.310 e. The number of amides is 1. The zero-order chi connectivity index (χ0) is 10.3. The first-order valence-corrected chi connectivity index (χ1v) is 5.35. The van der Waals surface area contributed by atoms with E-state index in [0.717, 1.165) is 16.5 Å². The first-order valence-electron chi connectivity index (χ1n) is 4.56. The molecule has 4 heteroatoms. The second kappa shape index (κ2) is 3.05. The zero-order valence-corrected chi connectivity index (χ0v) is 9.68. The number of halogens is 1. The van der Waals surface area contributed by atoms with E-state index in [1.54, 1.807) is 6.20 Å². The summed E-state index contributed by atoms with van der Waals surface area (Å²) in [5.41, 5.74) is 0.537. The van der Waals surface area contributed by atoms with Crippen molar-refractivity contribution in [3.8, 4) is 0 Å². The molecule has 14 heavy (non-hydrogen) atoms. The first kappa shape index (κ1) is 9.65. The number of aromatic nitrogens is 1. The van der Waals surface area contributed by atoms with Crippen LogP contribution in [0.3, 0.4) is 0 Å². The second-order valence-electron chi connectivity index (χ2n) is 3.66. The van der Waals surface area contributed by atoms with Gasteiger partial charge in [-0.05, 0) is 19.4 Å². The van der Waals surface area contributed by atoms with Crippen molar-refractivity contribution < 1.29 is 4.79 Å². The normalized spacial score (nSPS) is 24.6. The number of nitrogens with one attached hydrogen (secondary N) is 1. The monoisotopic (exact) mass is 254 g/mol. The number of pyridine rings is 1. The van der Waals surface area contributed by atoms with E-state index >= 15 is 0 Å². The van der Waals surface area contributed by atoms with Crippen LogP contribution in [0, 0.1) is 0 Å². The molecule has 1 unspecified atom stereocenters. The van der Waals surface area contributed by atoms with E-state index in [4.69, 9.17) is 0 Å². The van der Waals surface area contributed by atoms with Crippen molar-refractivity contribution in [2.45, 2.75) is 25.7 Å². The van der Waals surface area contributed by atoms with Gasteiger partial charge in [-0.15, -0.1) is 0 Å². The molecule has 74 valence electrons. The minimum atomic E-state index is -0.442. The van der Waals surface area contributed by atoms with Crippen molar-refractivity contribution in [2.24, 2.45) is 0 Å². The number of anilines is 1. The molecule has 0 spiro atoms. The maximum atomic E-state index is 11.8. The molecule has 0 fully saturated rings. The number of hydrogen-bond donors (Lipinski definition) is 1. The van der Waals surface area contributed by atoms with Crippen molar-refractivity contribution in [1.82, 2.24) is 4.98 Å². The van der Waals surface area contributed by atoms with Crippen molar-refractivity contribution in [1.29, 1.82) is 0 Å². The van der Waals surface area contributed by atoms with Gasteiger partial charge in [0, 0.05) is 16.2 Å². The van der Waals surface area contributed by atoms with Gasteiger partial charge in [0.05, 0.1) is 5.41 Å². The van der Waals surface area contributed by atoms with Crippen LogP contribution in [0.5, 0.6) is 0 Å². The quantitative estimate of drug-likeness (QED) is 0.837. The van der Waals surface area contributed by atoms with E-state index in [0.29, 0.717) is 5.82 Å². The highest BCUT2D eigenvalue weighted by Crippen LogP contribution is 2.42. The Morgan fingerprint density at radius 1 is 1.64 bits per heavy atom. The molecule has 0 saturated heterocycles. The Kier molecular flexibility index (Phi) is 2.10. The molecule has 1 N–H and O–H groups in total. The lowest BCUT2D eigenvalue weighted by atomic mass is 9.82. The van der Waals surface area contributed by atoms with E-state index in [2.05, 4.69) is 26.2 Å². The summed E-state index contributed by atoms with van der Waals surface area (Å²) in [5, 5.41) is 2.80. The summed E-state index contributed by atoms with van der Waals surface area (Å²) in [5.74, 6) is 0.725. The topological polar surface area (TPSA) is 42.0 Å². The molecule has 0 radical (unpaired) electrons. The van der Waals surface area contributed by atoms with E-state index < -0.39 is 5.41 Å². The van der Waals surface area contributed by atoms with E-state index in [9.17, 15) is 4.79 Å². The van der Waals surface area contributed by atoms with Crippen molar-refractivity contribution in [3.05, 3.63) is 22.3 Å². The van der Waals surface area contributed by atoms with Crippen LogP contribution >= 0.6 is 15.9 Å². The lowest BCUT2D eigenvalue weighted by molar-refractivity contribution is -0.120. The Hall–Kier alpha value is -0.900. The van der Waals surface area contributed by atoms with Gasteiger partial charge in [0.15, 0.2) is 0 Å². The molecule has 1 aliphatic rings. The second-order valence-corrected chi connectivity index (χ2v) is 4.51. The van der Waals surface area contributed by atoms with Crippen LogP contribution in [0.1, 0.15) is 25.8 Å². The summed E-state index contributed by atoms with van der Waals surface area (Å²) in [6, 6.07) is 1.87. The molecule has 1 amide bonds. The minimum absolute atomic E-state index is 0.0365. The summed E-state index contributed by atoms with van der Waals surface area (Å²) in [6.07, 6.45) is 2.46. The molecule has 1 aromatic heterocycles. The Morgan fingerprint density at radius 3 is 3.00 bits per heavy atom. The Bertz CT molecular complexity index is 405. The summed E-state index contributed by atoms with van der Waals surface area (Å²) < 4.78 is 0.949. The predicted molar refractivity (Wildman–Crippen MR) is 58.2 cm³/mol. The molecular weight excluding hydrogens is 244 g/mol. The highest BCUT2D eigenvalue weighted by atomic mass is 79.9. The fourth-order valence-corrected chi connectivity index (χ4v) is 2.50. The molecule has 1 aromatic rings. The molecule has 3 nitrogen and oxygen atoms in total. The lowest BCUT2D eigenvalue weighted by Crippen LogP contribution is -2.30. The van der Waals surface area contributed by atoms with Gasteiger partial charge in [0.2, 0.25) is 5.91 Å². The fourth-order valence-electron chi connectivity index (χ4n) is 1.75. The average Bonchev–Trinajstić information content (AvgIpc) is 2.41. The molecule has 0 saturated carbocycles. The van der Waals surface area contributed by atoms with Gasteiger partial charge >= 0.3 is 0 Å². The average molecular weight is 255 g/mol. The van der Waals surface area contributed by atoms with Crippen LogP contribution in [-0.2, 0) is 10.2 Å². The minimum Gasteiger partial charge on any atom is -0.310 e. The summed E-state index contributed by atoms with van der Waals surface area (Å²) >= 11 is 3.46. The highest BCUT2D eigenvalue weighted by Gasteiger charge is 2.43. The molecule has 1 aliphatic heterocycles. The van der Waals surface area contributed by atoms with Crippen molar-refractivity contribution >= 4 is 27.7 Å². The fraction of sp³-hybridized carbons (Fsp3) is 0.400.